The molecule has 0 radical (unpaired) electrons. The van der Waals surface area contributed by atoms with Crippen LogP contribution in [0.15, 0.2) is 115 Å². The molecule has 174 valence electrons. The maximum absolute atomic E-state index is 2.47. The Morgan fingerprint density at radius 3 is 1.89 bits per heavy atom. The Hall–Kier alpha value is -4.30. The number of benzene rings is 5. The van der Waals surface area contributed by atoms with Crippen LogP contribution in [0.1, 0.15) is 25.3 Å². The van der Waals surface area contributed by atoms with Crippen molar-refractivity contribution in [3.63, 3.8) is 0 Å². The van der Waals surface area contributed by atoms with Crippen molar-refractivity contribution in [1.29, 1.82) is 0 Å². The van der Waals surface area contributed by atoms with E-state index in [-0.39, 0.29) is 0 Å². The van der Waals surface area contributed by atoms with Crippen LogP contribution in [0.2, 0.25) is 0 Å². The van der Waals surface area contributed by atoms with Gasteiger partial charge in [-0.2, -0.15) is 0 Å². The van der Waals surface area contributed by atoms with E-state index in [1.165, 1.54) is 73.4 Å². The highest BCUT2D eigenvalue weighted by Gasteiger charge is 2.20. The van der Waals surface area contributed by atoms with E-state index in [0.29, 0.717) is 0 Å². The number of nitrogens with zero attached hydrogens (tertiary/aromatic N) is 2. The number of unbranched alkanes of at least 4 members (excludes halogenated alkanes) is 1. The quantitative estimate of drug-likeness (QED) is 0.240. The molecule has 0 aliphatic rings. The van der Waals surface area contributed by atoms with Gasteiger partial charge in [0.15, 0.2) is 0 Å². The van der Waals surface area contributed by atoms with Crippen LogP contribution in [0, 0.1) is 0 Å². The molecular weight excluding hydrogens is 436 g/mol. The Kier molecular flexibility index (Phi) is 4.92. The molecule has 0 saturated carbocycles. The molecule has 2 heteroatoms. The summed E-state index contributed by atoms with van der Waals surface area (Å²) in [6.45, 7) is 2.25. The van der Waals surface area contributed by atoms with Gasteiger partial charge in [-0.25, -0.2) is 0 Å². The summed E-state index contributed by atoms with van der Waals surface area (Å²) in [7, 11) is 0. The Labute approximate surface area is 211 Å². The number of hydrogen-bond acceptors (Lipinski definition) is 0. The lowest BCUT2D eigenvalue weighted by Gasteiger charge is -2.11. The van der Waals surface area contributed by atoms with Crippen LogP contribution < -0.4 is 0 Å². The first-order valence-electron chi connectivity index (χ1n) is 12.9. The lowest BCUT2D eigenvalue weighted by Crippen LogP contribution is -1.96. The first kappa shape index (κ1) is 21.0. The molecule has 2 heterocycles. The highest BCUT2D eigenvalue weighted by molar-refractivity contribution is 6.26. The van der Waals surface area contributed by atoms with E-state index < -0.39 is 0 Å². The van der Waals surface area contributed by atoms with E-state index in [2.05, 4.69) is 131 Å². The van der Waals surface area contributed by atoms with Gasteiger partial charge in [0.25, 0.3) is 0 Å². The summed E-state index contributed by atoms with van der Waals surface area (Å²) in [4.78, 5) is 0. The molecule has 0 spiro atoms. The number of aryl methyl sites for hydroxylation is 1. The van der Waals surface area contributed by atoms with Gasteiger partial charge < -0.3 is 9.13 Å². The van der Waals surface area contributed by atoms with E-state index in [1.807, 2.05) is 0 Å². The smallest absolute Gasteiger partial charge is 0.0641 e. The second-order valence-electron chi connectivity index (χ2n) is 9.67. The molecule has 0 fully saturated rings. The van der Waals surface area contributed by atoms with Crippen molar-refractivity contribution >= 4 is 43.6 Å². The molecule has 0 saturated heterocycles. The van der Waals surface area contributed by atoms with Gasteiger partial charge in [-0.3, -0.25) is 0 Å². The van der Waals surface area contributed by atoms with E-state index in [0.717, 1.165) is 6.42 Å². The molecule has 36 heavy (non-hydrogen) atoms. The standard InChI is InChI=1S/C34H28N2/c1-2-3-11-24-18-20-26(21-19-24)36-30-16-9-7-14-27(30)28-22-23-32-33(34(28)36)29-15-8-10-17-31(29)35(32)25-12-5-4-6-13-25/h4-10,12-23H,2-3,11H2,1H3. The SMILES string of the molecule is CCCCc1ccc(-n2c3ccccc3c3ccc4c(c5ccccc5n4-c4ccccc4)c32)cc1. The van der Waals surface area contributed by atoms with Crippen molar-refractivity contribution in [3.05, 3.63) is 121 Å². The van der Waals surface area contributed by atoms with Crippen LogP contribution in [0.5, 0.6) is 0 Å². The Balaban J connectivity index is 1.62. The van der Waals surface area contributed by atoms with E-state index in [1.54, 1.807) is 0 Å². The normalized spacial score (nSPS) is 11.8. The zero-order valence-corrected chi connectivity index (χ0v) is 20.5. The van der Waals surface area contributed by atoms with Crippen LogP contribution in [0.4, 0.5) is 0 Å². The Morgan fingerprint density at radius 2 is 1.14 bits per heavy atom. The summed E-state index contributed by atoms with van der Waals surface area (Å²) in [5, 5.41) is 5.17. The van der Waals surface area contributed by atoms with Gasteiger partial charge >= 0.3 is 0 Å². The van der Waals surface area contributed by atoms with E-state index in [4.69, 9.17) is 0 Å². The highest BCUT2D eigenvalue weighted by atomic mass is 15.0. The predicted molar refractivity (Wildman–Crippen MR) is 154 cm³/mol. The van der Waals surface area contributed by atoms with Crippen molar-refractivity contribution in [2.24, 2.45) is 0 Å². The molecule has 2 nitrogen and oxygen atoms in total. The summed E-state index contributed by atoms with van der Waals surface area (Å²) >= 11 is 0. The predicted octanol–water partition coefficient (Wildman–Crippen LogP) is 9.22. The molecule has 5 aromatic carbocycles. The maximum Gasteiger partial charge on any atom is 0.0641 e. The summed E-state index contributed by atoms with van der Waals surface area (Å²) in [6.07, 6.45) is 3.59. The minimum absolute atomic E-state index is 1.14. The topological polar surface area (TPSA) is 9.86 Å². The lowest BCUT2D eigenvalue weighted by atomic mass is 10.1. The highest BCUT2D eigenvalue weighted by Crippen LogP contribution is 2.41. The number of rotatable bonds is 5. The number of aromatic nitrogens is 2. The summed E-state index contributed by atoms with van der Waals surface area (Å²) in [6, 6.07) is 42.1. The fraction of sp³-hybridized carbons (Fsp3) is 0.118. The third-order valence-corrected chi connectivity index (χ3v) is 7.50. The van der Waals surface area contributed by atoms with Crippen LogP contribution in [-0.4, -0.2) is 9.13 Å². The van der Waals surface area contributed by atoms with Gasteiger partial charge in [0.1, 0.15) is 0 Å². The van der Waals surface area contributed by atoms with Crippen LogP contribution in [0.3, 0.4) is 0 Å². The van der Waals surface area contributed by atoms with Crippen molar-refractivity contribution in [1.82, 2.24) is 9.13 Å². The molecule has 0 atom stereocenters. The number of fused-ring (bicyclic) bond motifs is 7. The van der Waals surface area contributed by atoms with Gasteiger partial charge in [-0.15, -0.1) is 0 Å². The molecule has 0 aliphatic heterocycles. The third-order valence-electron chi connectivity index (χ3n) is 7.50. The fourth-order valence-electron chi connectivity index (χ4n) is 5.82. The fourth-order valence-corrected chi connectivity index (χ4v) is 5.82. The van der Waals surface area contributed by atoms with E-state index >= 15 is 0 Å². The minimum Gasteiger partial charge on any atom is -0.309 e. The Morgan fingerprint density at radius 1 is 0.500 bits per heavy atom. The van der Waals surface area contributed by atoms with E-state index in [9.17, 15) is 0 Å². The van der Waals surface area contributed by atoms with Gasteiger partial charge in [0, 0.05) is 32.9 Å². The zero-order valence-electron chi connectivity index (χ0n) is 20.5. The summed E-state index contributed by atoms with van der Waals surface area (Å²) < 4.78 is 4.87. The number of para-hydroxylation sites is 3. The zero-order chi connectivity index (χ0) is 24.1. The molecule has 2 aromatic heterocycles. The second-order valence-corrected chi connectivity index (χ2v) is 9.67. The first-order valence-corrected chi connectivity index (χ1v) is 12.9. The molecule has 0 amide bonds. The Bertz CT molecular complexity index is 1850. The van der Waals surface area contributed by atoms with Gasteiger partial charge in [-0.1, -0.05) is 86.1 Å². The molecule has 0 unspecified atom stereocenters. The van der Waals surface area contributed by atoms with Crippen LogP contribution in [-0.2, 0) is 6.42 Å². The summed E-state index contributed by atoms with van der Waals surface area (Å²) in [5.74, 6) is 0. The molecule has 0 aliphatic carbocycles. The molecule has 7 aromatic rings. The average Bonchev–Trinajstić information content (AvgIpc) is 3.46. The molecule has 0 N–H and O–H groups in total. The van der Waals surface area contributed by atoms with Gasteiger partial charge in [0.05, 0.1) is 22.1 Å². The van der Waals surface area contributed by atoms with Crippen molar-refractivity contribution in [2.75, 3.05) is 0 Å². The maximum atomic E-state index is 2.47. The van der Waals surface area contributed by atoms with Crippen molar-refractivity contribution in [3.8, 4) is 11.4 Å². The molecule has 7 rings (SSSR count). The lowest BCUT2D eigenvalue weighted by molar-refractivity contribution is 0.795. The second kappa shape index (κ2) is 8.42. The summed E-state index contributed by atoms with van der Waals surface area (Å²) in [5.41, 5.74) is 8.80. The van der Waals surface area contributed by atoms with Gasteiger partial charge in [0.2, 0.25) is 0 Å². The molecule has 0 bridgehead atoms. The third kappa shape index (κ3) is 3.11. The van der Waals surface area contributed by atoms with Gasteiger partial charge in [-0.05, 0) is 60.9 Å². The largest absolute Gasteiger partial charge is 0.309 e. The number of hydrogen-bond donors (Lipinski definition) is 0. The average molecular weight is 465 g/mol. The van der Waals surface area contributed by atoms with Crippen LogP contribution in [0.25, 0.3) is 55.0 Å². The first-order chi connectivity index (χ1) is 17.8. The van der Waals surface area contributed by atoms with Crippen LogP contribution >= 0.6 is 0 Å². The molecular formula is C34H28N2. The van der Waals surface area contributed by atoms with Crippen molar-refractivity contribution in [2.45, 2.75) is 26.2 Å². The minimum atomic E-state index is 1.14. The monoisotopic (exact) mass is 464 g/mol. The van der Waals surface area contributed by atoms with Crippen molar-refractivity contribution < 1.29 is 0 Å².